The summed E-state index contributed by atoms with van der Waals surface area (Å²) in [4.78, 5) is 20.2. The highest BCUT2D eigenvalue weighted by atomic mass is 32.2. The second kappa shape index (κ2) is 8.06. The van der Waals surface area contributed by atoms with Crippen molar-refractivity contribution in [2.75, 3.05) is 37.5 Å². The van der Waals surface area contributed by atoms with Crippen LogP contribution in [-0.2, 0) is 14.6 Å². The van der Waals surface area contributed by atoms with Crippen molar-refractivity contribution in [1.82, 2.24) is 4.98 Å². The monoisotopic (exact) mass is 428 g/mol. The molecule has 29 heavy (non-hydrogen) atoms. The molecule has 0 N–H and O–H groups in total. The first kappa shape index (κ1) is 19.8. The Morgan fingerprint density at radius 1 is 1.07 bits per heavy atom. The number of aromatic nitrogens is 1. The van der Waals surface area contributed by atoms with E-state index in [4.69, 9.17) is 4.74 Å². The Kier molecular flexibility index (Phi) is 5.49. The van der Waals surface area contributed by atoms with Crippen LogP contribution in [0.4, 0.5) is 5.00 Å². The minimum atomic E-state index is -3.30. The first-order valence-corrected chi connectivity index (χ1v) is 11.9. The van der Waals surface area contributed by atoms with E-state index in [2.05, 4.69) is 9.88 Å². The Bertz CT molecular complexity index is 1120. The zero-order chi connectivity index (χ0) is 20.4. The predicted molar refractivity (Wildman–Crippen MR) is 114 cm³/mol. The third-order valence-electron chi connectivity index (χ3n) is 4.77. The van der Waals surface area contributed by atoms with Gasteiger partial charge in [-0.25, -0.2) is 8.42 Å². The number of morpholine rings is 1. The lowest BCUT2D eigenvalue weighted by atomic mass is 10.1. The molecule has 0 unspecified atom stereocenters. The van der Waals surface area contributed by atoms with Crippen molar-refractivity contribution in [2.45, 2.75) is 4.90 Å². The van der Waals surface area contributed by atoms with E-state index in [-0.39, 0.29) is 10.7 Å². The third-order valence-corrected chi connectivity index (χ3v) is 7.09. The number of benzene rings is 1. The molecule has 3 aromatic rings. The normalized spacial score (nSPS) is 14.7. The molecule has 4 rings (SSSR count). The van der Waals surface area contributed by atoms with E-state index < -0.39 is 9.84 Å². The van der Waals surface area contributed by atoms with Gasteiger partial charge in [-0.05, 0) is 48.0 Å². The van der Waals surface area contributed by atoms with Crippen LogP contribution >= 0.6 is 11.3 Å². The van der Waals surface area contributed by atoms with Gasteiger partial charge in [0.2, 0.25) is 5.78 Å². The largest absolute Gasteiger partial charge is 0.378 e. The van der Waals surface area contributed by atoms with Gasteiger partial charge >= 0.3 is 0 Å². The number of pyridine rings is 1. The van der Waals surface area contributed by atoms with Crippen molar-refractivity contribution < 1.29 is 17.9 Å². The van der Waals surface area contributed by atoms with Crippen LogP contribution in [0.25, 0.3) is 11.1 Å². The first-order chi connectivity index (χ1) is 13.9. The summed E-state index contributed by atoms with van der Waals surface area (Å²) < 4.78 is 28.8. The number of ether oxygens (including phenoxy) is 1. The summed E-state index contributed by atoms with van der Waals surface area (Å²) in [5.41, 5.74) is 2.47. The molecule has 0 atom stereocenters. The lowest BCUT2D eigenvalue weighted by Crippen LogP contribution is -2.35. The fourth-order valence-electron chi connectivity index (χ4n) is 3.23. The molecule has 1 aromatic carbocycles. The summed E-state index contributed by atoms with van der Waals surface area (Å²) in [6.07, 6.45) is 4.63. The molecule has 0 amide bonds. The van der Waals surface area contributed by atoms with Crippen LogP contribution in [0, 0.1) is 0 Å². The van der Waals surface area contributed by atoms with E-state index in [0.717, 1.165) is 35.5 Å². The van der Waals surface area contributed by atoms with Crippen molar-refractivity contribution in [1.29, 1.82) is 0 Å². The van der Waals surface area contributed by atoms with Crippen LogP contribution in [0.2, 0.25) is 0 Å². The van der Waals surface area contributed by atoms with Crippen molar-refractivity contribution in [2.24, 2.45) is 0 Å². The van der Waals surface area contributed by atoms with Crippen LogP contribution in [0.3, 0.4) is 0 Å². The van der Waals surface area contributed by atoms with Gasteiger partial charge in [0.1, 0.15) is 0 Å². The Hall–Kier alpha value is -2.55. The second-order valence-corrected chi connectivity index (χ2v) is 9.84. The third kappa shape index (κ3) is 4.24. The smallest absolute Gasteiger partial charge is 0.203 e. The van der Waals surface area contributed by atoms with E-state index in [1.165, 1.54) is 23.5 Å². The minimum Gasteiger partial charge on any atom is -0.378 e. The quantitative estimate of drug-likeness (QED) is 0.581. The summed E-state index contributed by atoms with van der Waals surface area (Å²) in [5.74, 6) is -0.120. The fourth-order valence-corrected chi connectivity index (χ4v) is 5.05. The van der Waals surface area contributed by atoms with Crippen LogP contribution in [0.15, 0.2) is 59.8 Å². The number of nitrogens with zero attached hydrogens (tertiary/aromatic N) is 2. The van der Waals surface area contributed by atoms with Gasteiger partial charge in [0.15, 0.2) is 9.84 Å². The molecule has 1 saturated heterocycles. The maximum Gasteiger partial charge on any atom is 0.203 e. The lowest BCUT2D eigenvalue weighted by molar-refractivity contribution is 0.104. The maximum atomic E-state index is 13.1. The molecule has 2 aromatic heterocycles. The molecular formula is C21H20N2O4S2. The number of hydrogen-bond acceptors (Lipinski definition) is 7. The van der Waals surface area contributed by atoms with Gasteiger partial charge < -0.3 is 9.64 Å². The van der Waals surface area contributed by atoms with E-state index in [1.807, 2.05) is 18.2 Å². The number of thiophene rings is 1. The van der Waals surface area contributed by atoms with Crippen LogP contribution in [0.5, 0.6) is 0 Å². The van der Waals surface area contributed by atoms with Crippen LogP contribution < -0.4 is 4.90 Å². The summed E-state index contributed by atoms with van der Waals surface area (Å²) in [6.45, 7) is 2.86. The van der Waals surface area contributed by atoms with E-state index in [1.54, 1.807) is 24.5 Å². The number of ketones is 1. The molecule has 1 aliphatic rings. The molecule has 6 nitrogen and oxygen atoms in total. The number of sulfone groups is 1. The topological polar surface area (TPSA) is 76.6 Å². The second-order valence-electron chi connectivity index (χ2n) is 6.79. The molecule has 1 fully saturated rings. The van der Waals surface area contributed by atoms with Crippen molar-refractivity contribution in [3.8, 4) is 11.1 Å². The molecule has 0 saturated carbocycles. The maximum absolute atomic E-state index is 13.1. The van der Waals surface area contributed by atoms with Crippen LogP contribution in [-0.4, -0.2) is 51.7 Å². The Labute approximate surface area is 173 Å². The van der Waals surface area contributed by atoms with Gasteiger partial charge in [0.25, 0.3) is 0 Å². The molecule has 0 bridgehead atoms. The molecule has 0 aliphatic carbocycles. The van der Waals surface area contributed by atoms with Gasteiger partial charge in [-0.2, -0.15) is 0 Å². The number of anilines is 1. The van der Waals surface area contributed by atoms with Crippen molar-refractivity contribution >= 4 is 32.0 Å². The molecular weight excluding hydrogens is 408 g/mol. The highest BCUT2D eigenvalue weighted by Crippen LogP contribution is 2.40. The number of carbonyl (C=O) groups excluding carboxylic acids is 1. The number of rotatable bonds is 5. The highest BCUT2D eigenvalue weighted by molar-refractivity contribution is 7.90. The average molecular weight is 429 g/mol. The van der Waals surface area contributed by atoms with Gasteiger partial charge in [-0.1, -0.05) is 0 Å². The van der Waals surface area contributed by atoms with Gasteiger partial charge in [0.05, 0.1) is 28.0 Å². The molecule has 0 spiro atoms. The molecule has 1 aliphatic heterocycles. The highest BCUT2D eigenvalue weighted by Gasteiger charge is 2.22. The van der Waals surface area contributed by atoms with Crippen molar-refractivity contribution in [3.05, 3.63) is 65.3 Å². The van der Waals surface area contributed by atoms with Gasteiger partial charge in [-0.3, -0.25) is 9.78 Å². The van der Waals surface area contributed by atoms with E-state index >= 15 is 0 Å². The van der Waals surface area contributed by atoms with Crippen LogP contribution in [0.1, 0.15) is 15.2 Å². The Morgan fingerprint density at radius 2 is 1.72 bits per heavy atom. The summed E-state index contributed by atoms with van der Waals surface area (Å²) >= 11 is 1.46. The standard InChI is InChI=1S/C21H20N2O4S2/c1-29(25,26)17-4-2-16(3-5-17)20(24)19-14-18(15-6-8-22-9-7-15)21(28-19)23-10-12-27-13-11-23/h2-9,14H,10-13H2,1H3. The van der Waals surface area contributed by atoms with Gasteiger partial charge in [-0.15, -0.1) is 11.3 Å². The molecule has 150 valence electrons. The van der Waals surface area contributed by atoms with E-state index in [9.17, 15) is 13.2 Å². The van der Waals surface area contributed by atoms with Crippen molar-refractivity contribution in [3.63, 3.8) is 0 Å². The molecule has 3 heterocycles. The van der Waals surface area contributed by atoms with E-state index in [0.29, 0.717) is 23.7 Å². The number of carbonyl (C=O) groups is 1. The fraction of sp³-hybridized carbons (Fsp3) is 0.238. The summed E-state index contributed by atoms with van der Waals surface area (Å²) in [5, 5.41) is 1.04. The summed E-state index contributed by atoms with van der Waals surface area (Å²) in [6, 6.07) is 11.9. The zero-order valence-corrected chi connectivity index (χ0v) is 17.5. The average Bonchev–Trinajstić information content (AvgIpc) is 3.19. The minimum absolute atomic E-state index is 0.120. The number of hydrogen-bond donors (Lipinski definition) is 0. The SMILES string of the molecule is CS(=O)(=O)c1ccc(C(=O)c2cc(-c3ccncc3)c(N3CCOCC3)s2)cc1. The molecule has 8 heteroatoms. The van der Waals surface area contributed by atoms with Gasteiger partial charge in [0, 0.05) is 42.9 Å². The Morgan fingerprint density at radius 3 is 2.34 bits per heavy atom. The predicted octanol–water partition coefficient (Wildman–Crippen LogP) is 3.28. The zero-order valence-electron chi connectivity index (χ0n) is 15.9. The molecule has 0 radical (unpaired) electrons. The first-order valence-electron chi connectivity index (χ1n) is 9.15. The lowest BCUT2D eigenvalue weighted by Gasteiger charge is -2.28. The summed E-state index contributed by atoms with van der Waals surface area (Å²) in [7, 11) is -3.30. The Balaban J connectivity index is 1.72.